The fourth-order valence-electron chi connectivity index (χ4n) is 2.64. The molecule has 0 radical (unpaired) electrons. The van der Waals surface area contributed by atoms with E-state index < -0.39 is 5.92 Å². The second-order valence-corrected chi connectivity index (χ2v) is 5.73. The molecule has 6 nitrogen and oxygen atoms in total. The fourth-order valence-corrected chi connectivity index (χ4v) is 3.25. The highest BCUT2D eigenvalue weighted by atomic mass is 35.5. The molecule has 0 saturated carbocycles. The van der Waals surface area contributed by atoms with Gasteiger partial charge in [-0.25, -0.2) is 0 Å². The van der Waals surface area contributed by atoms with Crippen LogP contribution >= 0.6 is 23.2 Å². The second kappa shape index (κ2) is 6.13. The molecule has 0 spiro atoms. The van der Waals surface area contributed by atoms with E-state index in [-0.39, 0.29) is 23.9 Å². The molecule has 0 saturated heterocycles. The van der Waals surface area contributed by atoms with E-state index in [1.165, 1.54) is 0 Å². The number of nitrogens with two attached hydrogens (primary N) is 1. The summed E-state index contributed by atoms with van der Waals surface area (Å²) in [6, 6.07) is 7.24. The summed E-state index contributed by atoms with van der Waals surface area (Å²) in [5.74, 6) is -0.306. The minimum absolute atomic E-state index is 0.0172. The number of nitriles is 1. The third-order valence-electron chi connectivity index (χ3n) is 3.59. The average molecular weight is 351 g/mol. The van der Waals surface area contributed by atoms with E-state index in [1.807, 2.05) is 0 Å². The molecule has 1 aromatic carbocycles. The number of benzene rings is 1. The zero-order valence-corrected chi connectivity index (χ0v) is 13.6. The number of aromatic amines is 1. The number of aromatic nitrogens is 2. The van der Waals surface area contributed by atoms with E-state index in [2.05, 4.69) is 16.3 Å². The van der Waals surface area contributed by atoms with Crippen molar-refractivity contribution in [1.82, 2.24) is 10.2 Å². The van der Waals surface area contributed by atoms with Gasteiger partial charge >= 0.3 is 0 Å². The number of ether oxygens (including phenoxy) is 2. The molecular weight excluding hydrogens is 339 g/mol. The molecule has 23 heavy (non-hydrogen) atoms. The van der Waals surface area contributed by atoms with Crippen molar-refractivity contribution in [2.24, 2.45) is 5.73 Å². The lowest BCUT2D eigenvalue weighted by molar-refractivity contribution is 0.180. The van der Waals surface area contributed by atoms with Gasteiger partial charge in [0.25, 0.3) is 0 Å². The van der Waals surface area contributed by atoms with E-state index in [0.29, 0.717) is 26.9 Å². The molecule has 2 heterocycles. The Bertz CT molecular complexity index is 818. The van der Waals surface area contributed by atoms with E-state index >= 15 is 0 Å². The maximum atomic E-state index is 9.54. The molecule has 8 heteroatoms. The van der Waals surface area contributed by atoms with Crippen molar-refractivity contribution in [2.45, 2.75) is 12.5 Å². The molecule has 3 N–H and O–H groups in total. The van der Waals surface area contributed by atoms with Crippen molar-refractivity contribution in [3.8, 4) is 11.9 Å². The third kappa shape index (κ3) is 2.53. The van der Waals surface area contributed by atoms with Crippen molar-refractivity contribution >= 4 is 23.2 Å². The Morgan fingerprint density at radius 1 is 1.39 bits per heavy atom. The highest BCUT2D eigenvalue weighted by Crippen LogP contribution is 2.47. The van der Waals surface area contributed by atoms with Crippen molar-refractivity contribution in [3.05, 3.63) is 56.5 Å². The lowest BCUT2D eigenvalue weighted by atomic mass is 9.84. The Morgan fingerprint density at radius 2 is 2.09 bits per heavy atom. The van der Waals surface area contributed by atoms with Gasteiger partial charge in [-0.3, -0.25) is 5.10 Å². The SMILES string of the molecule is COCc1[nH]nc2c1[C@@H](c1c(Cl)cccc1Cl)C(C#N)=C(N)O2. The molecule has 1 aromatic heterocycles. The Morgan fingerprint density at radius 3 is 2.70 bits per heavy atom. The fraction of sp³-hybridized carbons (Fsp3) is 0.200. The quantitative estimate of drug-likeness (QED) is 0.886. The van der Waals surface area contributed by atoms with Crippen LogP contribution in [0.15, 0.2) is 29.7 Å². The van der Waals surface area contributed by atoms with E-state index in [0.717, 1.165) is 0 Å². The summed E-state index contributed by atoms with van der Waals surface area (Å²) in [5, 5.41) is 17.3. The summed E-state index contributed by atoms with van der Waals surface area (Å²) < 4.78 is 10.6. The smallest absolute Gasteiger partial charge is 0.244 e. The predicted octanol–water partition coefficient (Wildman–Crippen LogP) is 3.08. The van der Waals surface area contributed by atoms with Gasteiger partial charge in [0, 0.05) is 22.7 Å². The first kappa shape index (κ1) is 15.7. The highest BCUT2D eigenvalue weighted by Gasteiger charge is 2.37. The van der Waals surface area contributed by atoms with Crippen molar-refractivity contribution < 1.29 is 9.47 Å². The standard InChI is InChI=1S/C15H12Cl2N4O2/c1-22-6-10-13-11(12-8(16)3-2-4-9(12)17)7(5-18)14(19)23-15(13)21-20-10/h2-4,11H,6,19H2,1H3,(H,20,21)/t11-/m1/s1. The van der Waals surface area contributed by atoms with Crippen molar-refractivity contribution in [2.75, 3.05) is 7.11 Å². The first-order chi connectivity index (χ1) is 11.1. The normalized spacial score (nSPS) is 16.7. The third-order valence-corrected chi connectivity index (χ3v) is 4.25. The lowest BCUT2D eigenvalue weighted by Crippen LogP contribution is -2.21. The Labute approximate surface area is 142 Å². The van der Waals surface area contributed by atoms with Crippen LogP contribution in [0.4, 0.5) is 0 Å². The van der Waals surface area contributed by atoms with Crippen LogP contribution in [0.5, 0.6) is 5.88 Å². The van der Waals surface area contributed by atoms with Crippen molar-refractivity contribution in [3.63, 3.8) is 0 Å². The molecule has 0 unspecified atom stereocenters. The lowest BCUT2D eigenvalue weighted by Gasteiger charge is -2.25. The van der Waals surface area contributed by atoms with Crippen molar-refractivity contribution in [1.29, 1.82) is 5.26 Å². The van der Waals surface area contributed by atoms with E-state index in [9.17, 15) is 5.26 Å². The molecule has 3 rings (SSSR count). The van der Waals surface area contributed by atoms with Gasteiger partial charge in [0.15, 0.2) is 0 Å². The van der Waals surface area contributed by atoms with Gasteiger partial charge in [-0.05, 0) is 12.1 Å². The summed E-state index contributed by atoms with van der Waals surface area (Å²) >= 11 is 12.7. The van der Waals surface area contributed by atoms with Gasteiger partial charge < -0.3 is 15.2 Å². The number of nitrogens with zero attached hydrogens (tertiary/aromatic N) is 2. The molecule has 2 aromatic rings. The van der Waals surface area contributed by atoms with Crippen LogP contribution in [0.2, 0.25) is 10.0 Å². The van der Waals surface area contributed by atoms with Crippen LogP contribution in [0.3, 0.4) is 0 Å². The number of hydrogen-bond acceptors (Lipinski definition) is 5. The van der Waals surface area contributed by atoms with Gasteiger partial charge in [0.1, 0.15) is 11.6 Å². The Hall–Kier alpha value is -2.20. The number of rotatable bonds is 3. The Balaban J connectivity index is 2.29. The minimum Gasteiger partial charge on any atom is -0.420 e. The number of H-pyrrole nitrogens is 1. The summed E-state index contributed by atoms with van der Waals surface area (Å²) in [7, 11) is 1.56. The molecule has 1 atom stereocenters. The number of methoxy groups -OCH3 is 1. The number of allylic oxidation sites excluding steroid dienone is 1. The molecule has 0 bridgehead atoms. The number of fused-ring (bicyclic) bond motifs is 1. The van der Waals surface area contributed by atoms with Gasteiger partial charge in [-0.2, -0.15) is 5.26 Å². The zero-order chi connectivity index (χ0) is 16.6. The zero-order valence-electron chi connectivity index (χ0n) is 12.1. The van der Waals surface area contributed by atoms with Crippen LogP contribution in [-0.4, -0.2) is 17.3 Å². The summed E-state index contributed by atoms with van der Waals surface area (Å²) in [6.45, 7) is 0.267. The monoisotopic (exact) mass is 350 g/mol. The molecule has 1 aliphatic heterocycles. The largest absolute Gasteiger partial charge is 0.420 e. The van der Waals surface area contributed by atoms with E-state index in [1.54, 1.807) is 25.3 Å². The molecule has 118 valence electrons. The predicted molar refractivity (Wildman–Crippen MR) is 85.1 cm³/mol. The first-order valence-electron chi connectivity index (χ1n) is 6.66. The number of halogens is 2. The maximum Gasteiger partial charge on any atom is 0.244 e. The average Bonchev–Trinajstić information content (AvgIpc) is 2.90. The summed E-state index contributed by atoms with van der Waals surface area (Å²) in [4.78, 5) is 0. The molecule has 0 amide bonds. The Kier molecular flexibility index (Phi) is 4.18. The topological polar surface area (TPSA) is 97.0 Å². The molecule has 0 aliphatic carbocycles. The summed E-state index contributed by atoms with van der Waals surface area (Å²) in [5.41, 5.74) is 8.01. The maximum absolute atomic E-state index is 9.54. The first-order valence-corrected chi connectivity index (χ1v) is 7.41. The van der Waals surface area contributed by atoms with Gasteiger partial charge in [-0.1, -0.05) is 29.3 Å². The van der Waals surface area contributed by atoms with Crippen LogP contribution in [-0.2, 0) is 11.3 Å². The number of hydrogen-bond donors (Lipinski definition) is 2. The van der Waals surface area contributed by atoms with Gasteiger partial charge in [0.2, 0.25) is 11.8 Å². The molecule has 1 aliphatic rings. The minimum atomic E-state index is -0.575. The van der Waals surface area contributed by atoms with Crippen LogP contribution < -0.4 is 10.5 Å². The van der Waals surface area contributed by atoms with Crippen LogP contribution in [0.1, 0.15) is 22.7 Å². The number of nitrogens with one attached hydrogen (secondary N) is 1. The van der Waals surface area contributed by atoms with E-state index in [4.69, 9.17) is 38.4 Å². The van der Waals surface area contributed by atoms with Gasteiger partial charge in [-0.15, -0.1) is 5.10 Å². The second-order valence-electron chi connectivity index (χ2n) is 4.91. The van der Waals surface area contributed by atoms with Crippen LogP contribution in [0.25, 0.3) is 0 Å². The summed E-state index contributed by atoms with van der Waals surface area (Å²) in [6.07, 6.45) is 0. The molecular formula is C15H12Cl2N4O2. The van der Waals surface area contributed by atoms with Gasteiger partial charge in [0.05, 0.1) is 23.8 Å². The highest BCUT2D eigenvalue weighted by molar-refractivity contribution is 6.36. The van der Waals surface area contributed by atoms with Crippen LogP contribution in [0, 0.1) is 11.3 Å². The molecule has 0 fully saturated rings.